The van der Waals surface area contributed by atoms with Crippen molar-refractivity contribution in [3.63, 3.8) is 0 Å². The van der Waals surface area contributed by atoms with Crippen LogP contribution in [0.5, 0.6) is 0 Å². The first-order valence-electron chi connectivity index (χ1n) is 6.68. The summed E-state index contributed by atoms with van der Waals surface area (Å²) >= 11 is 4.87. The predicted octanol–water partition coefficient (Wildman–Crippen LogP) is 2.39. The first kappa shape index (κ1) is 14.7. The lowest BCUT2D eigenvalue weighted by Crippen LogP contribution is -2.42. The lowest BCUT2D eigenvalue weighted by Gasteiger charge is -2.33. The van der Waals surface area contributed by atoms with Crippen LogP contribution in [0, 0.1) is 5.92 Å². The summed E-state index contributed by atoms with van der Waals surface area (Å²) in [7, 11) is 0. The Labute approximate surface area is 126 Å². The van der Waals surface area contributed by atoms with E-state index in [2.05, 4.69) is 31.0 Å². The van der Waals surface area contributed by atoms with Gasteiger partial charge in [-0.15, -0.1) is 10.2 Å². The highest BCUT2D eigenvalue weighted by molar-refractivity contribution is 9.11. The molecule has 0 saturated carbocycles. The zero-order valence-electron chi connectivity index (χ0n) is 11.3. The fourth-order valence-corrected chi connectivity index (χ4v) is 3.58. The van der Waals surface area contributed by atoms with Gasteiger partial charge in [-0.2, -0.15) is 0 Å². The van der Waals surface area contributed by atoms with E-state index in [1.807, 2.05) is 18.7 Å². The van der Waals surface area contributed by atoms with E-state index < -0.39 is 0 Å². The number of anilines is 1. The Morgan fingerprint density at radius 1 is 1.37 bits per heavy atom. The summed E-state index contributed by atoms with van der Waals surface area (Å²) in [5.41, 5.74) is 0. The summed E-state index contributed by atoms with van der Waals surface area (Å²) in [6.45, 7) is 7.46. The Balaban J connectivity index is 1.90. The van der Waals surface area contributed by atoms with Gasteiger partial charge in [-0.1, -0.05) is 11.3 Å². The summed E-state index contributed by atoms with van der Waals surface area (Å²) in [4.78, 5) is 16.4. The first-order chi connectivity index (χ1) is 9.15. The zero-order valence-corrected chi connectivity index (χ0v) is 13.7. The van der Waals surface area contributed by atoms with Gasteiger partial charge in [0.2, 0.25) is 11.0 Å². The van der Waals surface area contributed by atoms with Crippen molar-refractivity contribution in [2.75, 3.05) is 31.1 Å². The summed E-state index contributed by atoms with van der Waals surface area (Å²) < 4.78 is 0.809. The second-order valence-electron chi connectivity index (χ2n) is 4.61. The van der Waals surface area contributed by atoms with E-state index in [0.717, 1.165) is 48.1 Å². The van der Waals surface area contributed by atoms with Crippen LogP contribution in [0.25, 0.3) is 0 Å². The van der Waals surface area contributed by atoms with Gasteiger partial charge < -0.3 is 9.80 Å². The molecule has 106 valence electrons. The third kappa shape index (κ3) is 3.45. The number of amides is 1. The molecule has 1 saturated heterocycles. The number of piperidine rings is 1. The highest BCUT2D eigenvalue weighted by atomic mass is 79.9. The molecule has 5 nitrogen and oxygen atoms in total. The van der Waals surface area contributed by atoms with Crippen LogP contribution in [-0.2, 0) is 4.79 Å². The molecule has 0 aliphatic carbocycles. The number of aromatic nitrogens is 2. The summed E-state index contributed by atoms with van der Waals surface area (Å²) in [5, 5.41) is 9.04. The highest BCUT2D eigenvalue weighted by Crippen LogP contribution is 2.28. The van der Waals surface area contributed by atoms with Crippen molar-refractivity contribution >= 4 is 38.3 Å². The van der Waals surface area contributed by atoms with E-state index in [0.29, 0.717) is 5.91 Å². The van der Waals surface area contributed by atoms with Gasteiger partial charge in [-0.3, -0.25) is 4.79 Å². The minimum atomic E-state index is 0.174. The smallest absolute Gasteiger partial charge is 0.225 e. The van der Waals surface area contributed by atoms with Gasteiger partial charge in [-0.25, -0.2) is 0 Å². The molecule has 0 aromatic carbocycles. The van der Waals surface area contributed by atoms with E-state index in [4.69, 9.17) is 0 Å². The van der Waals surface area contributed by atoms with Crippen LogP contribution in [0.15, 0.2) is 3.92 Å². The quantitative estimate of drug-likeness (QED) is 0.839. The fourth-order valence-electron chi connectivity index (χ4n) is 2.44. The summed E-state index contributed by atoms with van der Waals surface area (Å²) in [6, 6.07) is 0. The molecule has 0 atom stereocenters. The molecular weight excluding hydrogens is 328 g/mol. The Morgan fingerprint density at radius 3 is 2.47 bits per heavy atom. The number of hydrogen-bond donors (Lipinski definition) is 0. The van der Waals surface area contributed by atoms with Gasteiger partial charge in [0.15, 0.2) is 3.92 Å². The van der Waals surface area contributed by atoms with E-state index in [1.165, 1.54) is 0 Å². The average molecular weight is 347 g/mol. The van der Waals surface area contributed by atoms with Crippen LogP contribution in [0.3, 0.4) is 0 Å². The monoisotopic (exact) mass is 346 g/mol. The maximum absolute atomic E-state index is 12.3. The van der Waals surface area contributed by atoms with Gasteiger partial charge >= 0.3 is 0 Å². The van der Waals surface area contributed by atoms with Crippen LogP contribution in [-0.4, -0.2) is 47.2 Å². The number of hydrogen-bond acceptors (Lipinski definition) is 5. The molecule has 1 fully saturated rings. The molecule has 19 heavy (non-hydrogen) atoms. The van der Waals surface area contributed by atoms with Crippen molar-refractivity contribution in [2.24, 2.45) is 5.92 Å². The maximum Gasteiger partial charge on any atom is 0.225 e. The number of carbonyl (C=O) groups is 1. The Bertz CT molecular complexity index is 427. The van der Waals surface area contributed by atoms with Crippen molar-refractivity contribution in [1.29, 1.82) is 0 Å². The molecule has 0 N–H and O–H groups in total. The van der Waals surface area contributed by atoms with Crippen LogP contribution < -0.4 is 4.90 Å². The second kappa shape index (κ2) is 6.65. The van der Waals surface area contributed by atoms with Crippen LogP contribution >= 0.6 is 27.3 Å². The molecule has 1 aliphatic rings. The lowest BCUT2D eigenvalue weighted by atomic mass is 9.95. The number of halogens is 1. The molecule has 0 spiro atoms. The Morgan fingerprint density at radius 2 is 2.00 bits per heavy atom. The van der Waals surface area contributed by atoms with E-state index >= 15 is 0 Å². The molecule has 1 aliphatic heterocycles. The molecule has 0 bridgehead atoms. The maximum atomic E-state index is 12.3. The second-order valence-corrected chi connectivity index (χ2v) is 6.84. The number of rotatable bonds is 4. The van der Waals surface area contributed by atoms with Crippen molar-refractivity contribution < 1.29 is 4.79 Å². The van der Waals surface area contributed by atoms with Crippen LogP contribution in [0.1, 0.15) is 26.7 Å². The average Bonchev–Trinajstić information content (AvgIpc) is 2.87. The zero-order chi connectivity index (χ0) is 13.8. The highest BCUT2D eigenvalue weighted by Gasteiger charge is 2.28. The minimum absolute atomic E-state index is 0.174. The normalized spacial score (nSPS) is 16.7. The molecule has 7 heteroatoms. The third-order valence-corrected chi connectivity index (χ3v) is 5.00. The molecule has 0 unspecified atom stereocenters. The summed E-state index contributed by atoms with van der Waals surface area (Å²) in [5.74, 6) is 0.482. The minimum Gasteiger partial charge on any atom is -0.347 e. The molecule has 2 rings (SSSR count). The van der Waals surface area contributed by atoms with Crippen molar-refractivity contribution in [2.45, 2.75) is 26.7 Å². The molecule has 1 aromatic rings. The van der Waals surface area contributed by atoms with E-state index in [-0.39, 0.29) is 5.92 Å². The molecule has 1 aromatic heterocycles. The SMILES string of the molecule is CCN(CC)C(=O)C1CCN(c2nnc(Br)s2)CC1. The number of carbonyl (C=O) groups excluding carboxylic acids is 1. The number of nitrogens with zero attached hydrogens (tertiary/aromatic N) is 4. The lowest BCUT2D eigenvalue weighted by molar-refractivity contribution is -0.135. The third-order valence-electron chi connectivity index (χ3n) is 3.58. The topological polar surface area (TPSA) is 49.3 Å². The first-order valence-corrected chi connectivity index (χ1v) is 8.29. The molecule has 0 radical (unpaired) electrons. The Hall–Kier alpha value is -0.690. The molecule has 2 heterocycles. The fraction of sp³-hybridized carbons (Fsp3) is 0.750. The van der Waals surface area contributed by atoms with Crippen molar-refractivity contribution in [3.8, 4) is 0 Å². The molecular formula is C12H19BrN4OS. The van der Waals surface area contributed by atoms with Gasteiger partial charge in [0.1, 0.15) is 0 Å². The predicted molar refractivity (Wildman–Crippen MR) is 80.5 cm³/mol. The van der Waals surface area contributed by atoms with Crippen LogP contribution in [0.4, 0.5) is 5.13 Å². The summed E-state index contributed by atoms with van der Waals surface area (Å²) in [6.07, 6.45) is 1.82. The van der Waals surface area contributed by atoms with Gasteiger partial charge in [-0.05, 0) is 42.6 Å². The largest absolute Gasteiger partial charge is 0.347 e. The Kier molecular flexibility index (Phi) is 5.15. The standard InChI is InChI=1S/C12H19BrN4OS/c1-3-16(4-2)10(18)9-5-7-17(8-6-9)12-15-14-11(13)19-12/h9H,3-8H2,1-2H3. The van der Waals surface area contributed by atoms with E-state index in [9.17, 15) is 4.79 Å². The van der Waals surface area contributed by atoms with Crippen LogP contribution in [0.2, 0.25) is 0 Å². The van der Waals surface area contributed by atoms with Gasteiger partial charge in [0.05, 0.1) is 0 Å². The van der Waals surface area contributed by atoms with Crippen molar-refractivity contribution in [3.05, 3.63) is 3.92 Å². The molecule has 1 amide bonds. The van der Waals surface area contributed by atoms with E-state index in [1.54, 1.807) is 11.3 Å². The van der Waals surface area contributed by atoms with Crippen molar-refractivity contribution in [1.82, 2.24) is 15.1 Å². The van der Waals surface area contributed by atoms with Gasteiger partial charge in [0.25, 0.3) is 0 Å². The van der Waals surface area contributed by atoms with Gasteiger partial charge in [0, 0.05) is 32.1 Å².